The van der Waals surface area contributed by atoms with E-state index in [4.69, 9.17) is 4.74 Å². The highest BCUT2D eigenvalue weighted by Gasteiger charge is 2.24. The average molecular weight is 303 g/mol. The number of nitrogens with zero attached hydrogens (tertiary/aromatic N) is 1. The van der Waals surface area contributed by atoms with Crippen molar-refractivity contribution >= 4 is 11.7 Å². The van der Waals surface area contributed by atoms with Crippen molar-refractivity contribution in [3.05, 3.63) is 29.8 Å². The lowest BCUT2D eigenvalue weighted by Gasteiger charge is -2.33. The van der Waals surface area contributed by atoms with Gasteiger partial charge in [-0.25, -0.2) is 0 Å². The van der Waals surface area contributed by atoms with Crippen LogP contribution in [-0.2, 0) is 4.79 Å². The molecule has 0 N–H and O–H groups in total. The highest BCUT2D eigenvalue weighted by molar-refractivity contribution is 5.94. The van der Waals surface area contributed by atoms with Gasteiger partial charge < -0.3 is 9.64 Å². The molecular formula is C18H25NO3. The van der Waals surface area contributed by atoms with Gasteiger partial charge in [0.25, 0.3) is 5.91 Å². The van der Waals surface area contributed by atoms with Gasteiger partial charge in [0.1, 0.15) is 5.75 Å². The molecule has 0 aromatic heterocycles. The molecule has 120 valence electrons. The Bertz CT molecular complexity index is 533. The molecule has 1 aliphatic carbocycles. The maximum atomic E-state index is 12.2. The molecule has 0 radical (unpaired) electrons. The van der Waals surface area contributed by atoms with Crippen molar-refractivity contribution in [1.29, 1.82) is 0 Å². The van der Waals surface area contributed by atoms with E-state index in [-0.39, 0.29) is 18.3 Å². The average Bonchev–Trinajstić information content (AvgIpc) is 2.53. The van der Waals surface area contributed by atoms with Gasteiger partial charge in [0, 0.05) is 18.7 Å². The van der Waals surface area contributed by atoms with Crippen molar-refractivity contribution in [3.63, 3.8) is 0 Å². The Kier molecular flexibility index (Phi) is 5.58. The molecule has 0 aliphatic heterocycles. The van der Waals surface area contributed by atoms with E-state index in [9.17, 15) is 9.59 Å². The summed E-state index contributed by atoms with van der Waals surface area (Å²) in [6, 6.07) is 7.28. The molecule has 1 amide bonds. The van der Waals surface area contributed by atoms with Crippen LogP contribution in [0.4, 0.5) is 0 Å². The number of likely N-dealkylation sites (N-methyl/N-ethyl adjacent to an activating group) is 1. The van der Waals surface area contributed by atoms with Crippen LogP contribution in [0.5, 0.6) is 5.75 Å². The Morgan fingerprint density at radius 3 is 2.55 bits per heavy atom. The fourth-order valence-electron chi connectivity index (χ4n) is 2.89. The molecule has 0 spiro atoms. The lowest BCUT2D eigenvalue weighted by Crippen LogP contribution is -2.41. The van der Waals surface area contributed by atoms with E-state index in [0.29, 0.717) is 17.4 Å². The Labute approximate surface area is 132 Å². The first-order valence-corrected chi connectivity index (χ1v) is 7.97. The summed E-state index contributed by atoms with van der Waals surface area (Å²) >= 11 is 0. The van der Waals surface area contributed by atoms with Crippen LogP contribution >= 0.6 is 0 Å². The quantitative estimate of drug-likeness (QED) is 0.784. The van der Waals surface area contributed by atoms with E-state index >= 15 is 0 Å². The highest BCUT2D eigenvalue weighted by atomic mass is 16.5. The molecular weight excluding hydrogens is 278 g/mol. The van der Waals surface area contributed by atoms with E-state index in [1.807, 2.05) is 11.9 Å². The molecule has 2 rings (SSSR count). The van der Waals surface area contributed by atoms with Gasteiger partial charge in [-0.3, -0.25) is 9.59 Å². The fraction of sp³-hybridized carbons (Fsp3) is 0.556. The standard InChI is InChI=1S/C18H25NO3/c1-13-7-9-16(10-8-13)19(3)18(21)12-22-17-6-4-5-15(11-17)14(2)20/h4-6,11,13,16H,7-10,12H2,1-3H3. The number of hydrogen-bond acceptors (Lipinski definition) is 3. The fourth-order valence-corrected chi connectivity index (χ4v) is 2.89. The summed E-state index contributed by atoms with van der Waals surface area (Å²) in [4.78, 5) is 25.4. The zero-order valence-corrected chi connectivity index (χ0v) is 13.7. The molecule has 0 bridgehead atoms. The van der Waals surface area contributed by atoms with Crippen LogP contribution in [0.15, 0.2) is 24.3 Å². The molecule has 1 aromatic rings. The Morgan fingerprint density at radius 2 is 1.91 bits per heavy atom. The molecule has 1 aromatic carbocycles. The third-order valence-corrected chi connectivity index (χ3v) is 4.53. The van der Waals surface area contributed by atoms with Gasteiger partial charge in [-0.15, -0.1) is 0 Å². The van der Waals surface area contributed by atoms with Crippen LogP contribution in [0.3, 0.4) is 0 Å². The summed E-state index contributed by atoms with van der Waals surface area (Å²) in [5.74, 6) is 1.31. The number of carbonyl (C=O) groups is 2. The van der Waals surface area contributed by atoms with Crippen molar-refractivity contribution in [2.75, 3.05) is 13.7 Å². The van der Waals surface area contributed by atoms with E-state index in [2.05, 4.69) is 6.92 Å². The molecule has 1 fully saturated rings. The van der Waals surface area contributed by atoms with Crippen molar-refractivity contribution in [1.82, 2.24) is 4.90 Å². The number of benzene rings is 1. The van der Waals surface area contributed by atoms with Crippen molar-refractivity contribution in [2.45, 2.75) is 45.6 Å². The van der Waals surface area contributed by atoms with Gasteiger partial charge in [0.05, 0.1) is 0 Å². The zero-order valence-electron chi connectivity index (χ0n) is 13.7. The minimum absolute atomic E-state index is 0.00668. The Hall–Kier alpha value is -1.84. The van der Waals surface area contributed by atoms with Gasteiger partial charge in [-0.2, -0.15) is 0 Å². The molecule has 1 saturated carbocycles. The second-order valence-electron chi connectivity index (χ2n) is 6.29. The number of amides is 1. The smallest absolute Gasteiger partial charge is 0.260 e. The number of ether oxygens (including phenoxy) is 1. The third kappa shape index (κ3) is 4.33. The third-order valence-electron chi connectivity index (χ3n) is 4.53. The van der Waals surface area contributed by atoms with E-state index in [1.165, 1.54) is 19.8 Å². The predicted octanol–water partition coefficient (Wildman–Crippen LogP) is 3.31. The van der Waals surface area contributed by atoms with E-state index < -0.39 is 0 Å². The Balaban J connectivity index is 1.87. The van der Waals surface area contributed by atoms with E-state index in [0.717, 1.165) is 18.8 Å². The lowest BCUT2D eigenvalue weighted by atomic mass is 9.87. The number of ketones is 1. The monoisotopic (exact) mass is 303 g/mol. The molecule has 4 heteroatoms. The van der Waals surface area contributed by atoms with Gasteiger partial charge in [-0.05, 0) is 50.7 Å². The minimum Gasteiger partial charge on any atom is -0.484 e. The summed E-state index contributed by atoms with van der Waals surface area (Å²) in [6.45, 7) is 3.80. The molecule has 22 heavy (non-hydrogen) atoms. The van der Waals surface area contributed by atoms with Crippen molar-refractivity contribution < 1.29 is 14.3 Å². The largest absolute Gasteiger partial charge is 0.484 e. The van der Waals surface area contributed by atoms with Crippen LogP contribution in [0, 0.1) is 5.92 Å². The summed E-state index contributed by atoms with van der Waals surface area (Å²) in [7, 11) is 1.86. The summed E-state index contributed by atoms with van der Waals surface area (Å²) in [5, 5.41) is 0. The molecule has 0 heterocycles. The maximum absolute atomic E-state index is 12.2. The maximum Gasteiger partial charge on any atom is 0.260 e. The van der Waals surface area contributed by atoms with Crippen LogP contribution in [0.2, 0.25) is 0 Å². The van der Waals surface area contributed by atoms with Crippen LogP contribution in [0.1, 0.15) is 49.9 Å². The summed E-state index contributed by atoms with van der Waals surface area (Å²) < 4.78 is 5.55. The first-order chi connectivity index (χ1) is 10.5. The lowest BCUT2D eigenvalue weighted by molar-refractivity contribution is -0.134. The molecule has 4 nitrogen and oxygen atoms in total. The normalized spacial score (nSPS) is 21.2. The highest BCUT2D eigenvalue weighted by Crippen LogP contribution is 2.26. The summed E-state index contributed by atoms with van der Waals surface area (Å²) in [5.41, 5.74) is 0.597. The number of rotatable bonds is 5. The minimum atomic E-state index is -0.00906. The second kappa shape index (κ2) is 7.43. The van der Waals surface area contributed by atoms with Crippen molar-refractivity contribution in [3.8, 4) is 5.75 Å². The first kappa shape index (κ1) is 16.5. The van der Waals surface area contributed by atoms with Gasteiger partial charge in [0.2, 0.25) is 0 Å². The van der Waals surface area contributed by atoms with Crippen LogP contribution in [0.25, 0.3) is 0 Å². The molecule has 0 saturated heterocycles. The number of Topliss-reactive ketones (excluding diaryl/α,β-unsaturated/α-hetero) is 1. The number of hydrogen-bond donors (Lipinski definition) is 0. The molecule has 1 aliphatic rings. The van der Waals surface area contributed by atoms with Gasteiger partial charge in [-0.1, -0.05) is 19.1 Å². The topological polar surface area (TPSA) is 46.6 Å². The number of carbonyl (C=O) groups excluding carboxylic acids is 2. The zero-order chi connectivity index (χ0) is 16.1. The predicted molar refractivity (Wildman–Crippen MR) is 86.1 cm³/mol. The van der Waals surface area contributed by atoms with Crippen LogP contribution in [-0.4, -0.2) is 36.3 Å². The first-order valence-electron chi connectivity index (χ1n) is 7.97. The van der Waals surface area contributed by atoms with Crippen molar-refractivity contribution in [2.24, 2.45) is 5.92 Å². The summed E-state index contributed by atoms with van der Waals surface area (Å²) in [6.07, 6.45) is 4.51. The van der Waals surface area contributed by atoms with Crippen LogP contribution < -0.4 is 4.74 Å². The second-order valence-corrected chi connectivity index (χ2v) is 6.29. The van der Waals surface area contributed by atoms with E-state index in [1.54, 1.807) is 24.3 Å². The Morgan fingerprint density at radius 1 is 1.23 bits per heavy atom. The van der Waals surface area contributed by atoms with Gasteiger partial charge >= 0.3 is 0 Å². The molecule has 0 atom stereocenters. The van der Waals surface area contributed by atoms with Gasteiger partial charge in [0.15, 0.2) is 12.4 Å². The molecule has 0 unspecified atom stereocenters. The SMILES string of the molecule is CC(=O)c1cccc(OCC(=O)N(C)C2CCC(C)CC2)c1.